The van der Waals surface area contributed by atoms with E-state index in [4.69, 9.17) is 0 Å². The molecule has 0 aromatic heterocycles. The van der Waals surface area contributed by atoms with E-state index in [-0.39, 0.29) is 0 Å². The van der Waals surface area contributed by atoms with E-state index in [2.05, 4.69) is 35.6 Å². The van der Waals surface area contributed by atoms with E-state index in [1.807, 2.05) is 0 Å². The minimum Gasteiger partial charge on any atom is -0.0654 e. The van der Waals surface area contributed by atoms with Gasteiger partial charge < -0.3 is 0 Å². The summed E-state index contributed by atoms with van der Waals surface area (Å²) in [5.74, 6) is 0. The summed E-state index contributed by atoms with van der Waals surface area (Å²) in [7, 11) is 0. The molecule has 1 unspecified atom stereocenters. The van der Waals surface area contributed by atoms with Gasteiger partial charge in [0.1, 0.15) is 0 Å². The molecular weight excluding hydrogens is 314 g/mol. The third kappa shape index (κ3) is 15.2. The highest BCUT2D eigenvalue weighted by molar-refractivity contribution is 14.2. The lowest BCUT2D eigenvalue weighted by molar-refractivity contribution is 0.563. The molecule has 0 saturated heterocycles. The zero-order chi connectivity index (χ0) is 11.4. The highest BCUT2D eigenvalue weighted by Crippen LogP contribution is 2.41. The maximum atomic E-state index is 2.59. The summed E-state index contributed by atoms with van der Waals surface area (Å²) in [6, 6.07) is 0. The minimum absolute atomic E-state index is 0.335. The topological polar surface area (TPSA) is 0 Å². The lowest BCUT2D eigenvalue weighted by Crippen LogP contribution is -1.83. The van der Waals surface area contributed by atoms with E-state index in [1.165, 1.54) is 70.4 Å². The lowest BCUT2D eigenvalue weighted by atomic mass is 10.1. The average Bonchev–Trinajstić information content (AvgIpc) is 2.20. The summed E-state index contributed by atoms with van der Waals surface area (Å²) in [5.41, 5.74) is 0.335. The standard InChI is InChI=1S/C13H28IP/c1-3-4-5-6-7-8-9-10-11-12-13-15(2)14/h3-13H2,1-2H3. The maximum Gasteiger partial charge on any atom is -0.0238 e. The molecule has 1 atom stereocenters. The van der Waals surface area contributed by atoms with Crippen LogP contribution in [0.3, 0.4) is 0 Å². The van der Waals surface area contributed by atoms with Crippen molar-refractivity contribution in [1.82, 2.24) is 0 Å². The van der Waals surface area contributed by atoms with Crippen LogP contribution in [0.25, 0.3) is 0 Å². The van der Waals surface area contributed by atoms with Crippen molar-refractivity contribution in [3.63, 3.8) is 0 Å². The molecule has 15 heavy (non-hydrogen) atoms. The van der Waals surface area contributed by atoms with E-state index in [0.29, 0.717) is 5.56 Å². The first-order chi connectivity index (χ1) is 7.27. The quantitative estimate of drug-likeness (QED) is 0.232. The Morgan fingerprint density at radius 1 is 0.733 bits per heavy atom. The molecule has 0 radical (unpaired) electrons. The van der Waals surface area contributed by atoms with Crippen molar-refractivity contribution < 1.29 is 0 Å². The maximum absolute atomic E-state index is 2.59. The van der Waals surface area contributed by atoms with Crippen molar-refractivity contribution >= 4 is 27.6 Å². The average molecular weight is 342 g/mol. The summed E-state index contributed by atoms with van der Waals surface area (Å²) in [4.78, 5) is 0. The molecule has 0 aliphatic carbocycles. The van der Waals surface area contributed by atoms with Gasteiger partial charge in [-0.15, -0.1) is 0 Å². The number of unbranched alkanes of at least 4 members (excludes halogenated alkanes) is 9. The minimum atomic E-state index is 0.335. The molecule has 0 heterocycles. The first kappa shape index (κ1) is 16.2. The Kier molecular flexibility index (Phi) is 14.2. The molecule has 0 N–H and O–H groups in total. The smallest absolute Gasteiger partial charge is 0.0238 e. The Hall–Kier alpha value is 1.16. The van der Waals surface area contributed by atoms with Gasteiger partial charge in [-0.3, -0.25) is 0 Å². The van der Waals surface area contributed by atoms with Crippen LogP contribution in [-0.4, -0.2) is 12.8 Å². The Morgan fingerprint density at radius 3 is 1.53 bits per heavy atom. The SMILES string of the molecule is CCCCCCCCCCCCP(C)I. The summed E-state index contributed by atoms with van der Waals surface area (Å²) < 4.78 is 0. The molecule has 0 saturated carbocycles. The number of hydrogen-bond acceptors (Lipinski definition) is 0. The molecule has 92 valence electrons. The van der Waals surface area contributed by atoms with E-state index in [0.717, 1.165) is 0 Å². The highest BCUT2D eigenvalue weighted by Gasteiger charge is 1.95. The van der Waals surface area contributed by atoms with Crippen molar-refractivity contribution in [2.45, 2.75) is 71.1 Å². The fourth-order valence-corrected chi connectivity index (χ4v) is 3.50. The van der Waals surface area contributed by atoms with Crippen LogP contribution in [0.1, 0.15) is 71.1 Å². The van der Waals surface area contributed by atoms with Crippen molar-refractivity contribution in [2.75, 3.05) is 12.8 Å². The normalized spacial score (nSPS) is 13.0. The summed E-state index contributed by atoms with van der Waals surface area (Å²) in [6.07, 6.45) is 16.1. The van der Waals surface area contributed by atoms with Gasteiger partial charge in [-0.05, 0) is 24.8 Å². The Bertz CT molecular complexity index is 115. The molecule has 0 bridgehead atoms. The predicted molar refractivity (Wildman–Crippen MR) is 83.6 cm³/mol. The Morgan fingerprint density at radius 2 is 1.13 bits per heavy atom. The highest BCUT2D eigenvalue weighted by atomic mass is 127. The summed E-state index contributed by atoms with van der Waals surface area (Å²) >= 11 is 2.59. The van der Waals surface area contributed by atoms with Crippen LogP contribution in [0.15, 0.2) is 0 Å². The van der Waals surface area contributed by atoms with Crippen LogP contribution in [-0.2, 0) is 0 Å². The monoisotopic (exact) mass is 342 g/mol. The number of rotatable bonds is 11. The lowest BCUT2D eigenvalue weighted by Gasteiger charge is -2.03. The number of hydrogen-bond donors (Lipinski definition) is 0. The second kappa shape index (κ2) is 13.2. The molecule has 2 heteroatoms. The first-order valence-electron chi connectivity index (χ1n) is 6.64. The van der Waals surface area contributed by atoms with Crippen LogP contribution in [0.2, 0.25) is 0 Å². The molecule has 0 nitrogen and oxygen atoms in total. The van der Waals surface area contributed by atoms with E-state index < -0.39 is 0 Å². The van der Waals surface area contributed by atoms with Gasteiger partial charge in [0.05, 0.1) is 0 Å². The zero-order valence-electron chi connectivity index (χ0n) is 10.6. The largest absolute Gasteiger partial charge is 0.0654 e. The first-order valence-corrected chi connectivity index (χ1v) is 11.4. The Balaban J connectivity index is 2.87. The third-order valence-corrected chi connectivity index (χ3v) is 5.20. The molecule has 0 amide bonds. The van der Waals surface area contributed by atoms with E-state index >= 15 is 0 Å². The van der Waals surface area contributed by atoms with Gasteiger partial charge in [0.2, 0.25) is 0 Å². The van der Waals surface area contributed by atoms with Gasteiger partial charge >= 0.3 is 0 Å². The second-order valence-electron chi connectivity index (χ2n) is 4.51. The van der Waals surface area contributed by atoms with Gasteiger partial charge in [-0.25, -0.2) is 0 Å². The van der Waals surface area contributed by atoms with Crippen LogP contribution in [0, 0.1) is 0 Å². The molecule has 0 aromatic carbocycles. The van der Waals surface area contributed by atoms with Crippen LogP contribution in [0.5, 0.6) is 0 Å². The van der Waals surface area contributed by atoms with Gasteiger partial charge in [-0.1, -0.05) is 86.8 Å². The van der Waals surface area contributed by atoms with Crippen LogP contribution < -0.4 is 0 Å². The van der Waals surface area contributed by atoms with Gasteiger partial charge in [0.15, 0.2) is 0 Å². The second-order valence-corrected chi connectivity index (χ2v) is 11.1. The number of halogens is 1. The van der Waals surface area contributed by atoms with Gasteiger partial charge in [0.25, 0.3) is 0 Å². The molecule has 0 aromatic rings. The van der Waals surface area contributed by atoms with Crippen molar-refractivity contribution in [3.05, 3.63) is 0 Å². The molecule has 0 aliphatic heterocycles. The van der Waals surface area contributed by atoms with Gasteiger partial charge in [-0.2, -0.15) is 0 Å². The Labute approximate surface area is 111 Å². The molecular formula is C13H28IP. The van der Waals surface area contributed by atoms with Crippen LogP contribution in [0.4, 0.5) is 0 Å². The summed E-state index contributed by atoms with van der Waals surface area (Å²) in [5, 5.41) is 0. The molecule has 0 aliphatic rings. The van der Waals surface area contributed by atoms with E-state index in [9.17, 15) is 0 Å². The van der Waals surface area contributed by atoms with Crippen molar-refractivity contribution in [1.29, 1.82) is 0 Å². The fraction of sp³-hybridized carbons (Fsp3) is 1.00. The zero-order valence-corrected chi connectivity index (χ0v) is 13.7. The fourth-order valence-electron chi connectivity index (χ4n) is 1.82. The molecule has 0 rings (SSSR count). The van der Waals surface area contributed by atoms with Gasteiger partial charge in [0, 0.05) is 0 Å². The third-order valence-electron chi connectivity index (χ3n) is 2.82. The summed E-state index contributed by atoms with van der Waals surface area (Å²) in [6.45, 7) is 4.67. The predicted octanol–water partition coefficient (Wildman–Crippen LogP) is 6.37. The van der Waals surface area contributed by atoms with Crippen molar-refractivity contribution in [3.8, 4) is 0 Å². The van der Waals surface area contributed by atoms with E-state index in [1.54, 1.807) is 0 Å². The van der Waals surface area contributed by atoms with Crippen molar-refractivity contribution in [2.24, 2.45) is 0 Å². The van der Waals surface area contributed by atoms with Crippen LogP contribution >= 0.6 is 27.6 Å². The molecule has 0 spiro atoms. The molecule has 0 fully saturated rings.